The Hall–Kier alpha value is -1.02. The van der Waals surface area contributed by atoms with Crippen molar-refractivity contribution in [1.82, 2.24) is 4.31 Å². The summed E-state index contributed by atoms with van der Waals surface area (Å²) in [6.07, 6.45) is 0. The molecule has 0 saturated carbocycles. The molecule has 0 aliphatic carbocycles. The summed E-state index contributed by atoms with van der Waals surface area (Å²) in [5.74, 6) is -0.450. The Labute approximate surface area is 125 Å². The van der Waals surface area contributed by atoms with Gasteiger partial charge in [0, 0.05) is 26.7 Å². The van der Waals surface area contributed by atoms with Crippen LogP contribution < -0.4 is 5.73 Å². The highest BCUT2D eigenvalue weighted by Crippen LogP contribution is 2.22. The number of nitrogens with two attached hydrogens (primary N) is 1. The second-order valence-electron chi connectivity index (χ2n) is 5.21. The van der Waals surface area contributed by atoms with Gasteiger partial charge >= 0.3 is 0 Å². The SMILES string of the molecule is COCCN(CC(C)C)S(=O)(=O)c1cc(F)ccc1CN. The van der Waals surface area contributed by atoms with E-state index >= 15 is 0 Å². The lowest BCUT2D eigenvalue weighted by Crippen LogP contribution is -2.37. The van der Waals surface area contributed by atoms with Crippen LogP contribution in [0.2, 0.25) is 0 Å². The van der Waals surface area contributed by atoms with Crippen LogP contribution >= 0.6 is 0 Å². The fourth-order valence-corrected chi connectivity index (χ4v) is 3.82. The molecule has 0 fully saturated rings. The van der Waals surface area contributed by atoms with Crippen molar-refractivity contribution in [3.8, 4) is 0 Å². The van der Waals surface area contributed by atoms with Gasteiger partial charge in [-0.3, -0.25) is 0 Å². The lowest BCUT2D eigenvalue weighted by atomic mass is 10.2. The van der Waals surface area contributed by atoms with Gasteiger partial charge in [-0.1, -0.05) is 19.9 Å². The van der Waals surface area contributed by atoms with E-state index in [1.54, 1.807) is 0 Å². The summed E-state index contributed by atoms with van der Waals surface area (Å²) in [7, 11) is -2.29. The molecule has 0 radical (unpaired) electrons. The average molecular weight is 318 g/mol. The van der Waals surface area contributed by atoms with Crippen LogP contribution in [0.4, 0.5) is 4.39 Å². The molecule has 0 heterocycles. The van der Waals surface area contributed by atoms with Crippen molar-refractivity contribution in [1.29, 1.82) is 0 Å². The summed E-state index contributed by atoms with van der Waals surface area (Å²) in [6.45, 7) is 4.72. The summed E-state index contributed by atoms with van der Waals surface area (Å²) in [6, 6.07) is 3.65. The number of benzene rings is 1. The topological polar surface area (TPSA) is 72.6 Å². The van der Waals surface area contributed by atoms with Gasteiger partial charge in [0.25, 0.3) is 0 Å². The first-order chi connectivity index (χ1) is 9.82. The van der Waals surface area contributed by atoms with E-state index in [9.17, 15) is 12.8 Å². The molecule has 0 aliphatic rings. The molecule has 0 aliphatic heterocycles. The molecule has 0 spiro atoms. The van der Waals surface area contributed by atoms with E-state index in [4.69, 9.17) is 10.5 Å². The molecule has 1 aromatic rings. The van der Waals surface area contributed by atoms with E-state index in [1.165, 1.54) is 23.5 Å². The lowest BCUT2D eigenvalue weighted by Gasteiger charge is -2.24. The summed E-state index contributed by atoms with van der Waals surface area (Å²) in [4.78, 5) is -0.0678. The molecule has 120 valence electrons. The van der Waals surface area contributed by atoms with Gasteiger partial charge in [-0.2, -0.15) is 4.31 Å². The highest BCUT2D eigenvalue weighted by molar-refractivity contribution is 7.89. The van der Waals surface area contributed by atoms with Crippen molar-refractivity contribution in [3.05, 3.63) is 29.6 Å². The number of halogens is 1. The van der Waals surface area contributed by atoms with Crippen LogP contribution in [-0.4, -0.2) is 39.5 Å². The molecule has 2 N–H and O–H groups in total. The van der Waals surface area contributed by atoms with Crippen molar-refractivity contribution < 1.29 is 17.5 Å². The summed E-state index contributed by atoms with van der Waals surface area (Å²) < 4.78 is 45.2. The predicted molar refractivity (Wildman–Crippen MR) is 79.8 cm³/mol. The van der Waals surface area contributed by atoms with Gasteiger partial charge in [0.1, 0.15) is 5.82 Å². The maximum atomic E-state index is 13.4. The van der Waals surface area contributed by atoms with E-state index in [2.05, 4.69) is 0 Å². The largest absolute Gasteiger partial charge is 0.383 e. The zero-order valence-electron chi connectivity index (χ0n) is 12.7. The molecule has 21 heavy (non-hydrogen) atoms. The zero-order chi connectivity index (χ0) is 16.0. The van der Waals surface area contributed by atoms with Crippen LogP contribution in [0, 0.1) is 11.7 Å². The summed E-state index contributed by atoms with van der Waals surface area (Å²) >= 11 is 0. The standard InChI is InChI=1S/C14H23FN2O3S/c1-11(2)10-17(6-7-20-3)21(18,19)14-8-13(15)5-4-12(14)9-16/h4-5,8,11H,6-7,9-10,16H2,1-3H3. The van der Waals surface area contributed by atoms with Crippen LogP contribution in [0.5, 0.6) is 0 Å². The molecule has 1 rings (SSSR count). The Balaban J connectivity index is 3.24. The van der Waals surface area contributed by atoms with Crippen LogP contribution in [0.25, 0.3) is 0 Å². The minimum absolute atomic E-state index is 0.0363. The number of nitrogens with zero attached hydrogens (tertiary/aromatic N) is 1. The molecule has 7 heteroatoms. The molecular formula is C14H23FN2O3S. The number of methoxy groups -OCH3 is 1. The molecule has 0 amide bonds. The Kier molecular flexibility index (Phi) is 6.73. The fourth-order valence-electron chi connectivity index (χ4n) is 1.99. The Morgan fingerprint density at radius 2 is 2.05 bits per heavy atom. The maximum absolute atomic E-state index is 13.4. The van der Waals surface area contributed by atoms with Gasteiger partial charge in [0.05, 0.1) is 11.5 Å². The van der Waals surface area contributed by atoms with Crippen molar-refractivity contribution in [2.45, 2.75) is 25.3 Å². The van der Waals surface area contributed by atoms with Gasteiger partial charge in [0.2, 0.25) is 10.0 Å². The molecule has 5 nitrogen and oxygen atoms in total. The number of hydrogen-bond donors (Lipinski definition) is 1. The number of hydrogen-bond acceptors (Lipinski definition) is 4. The van der Waals surface area contributed by atoms with Crippen LogP contribution in [0.3, 0.4) is 0 Å². The van der Waals surface area contributed by atoms with E-state index in [-0.39, 0.29) is 30.5 Å². The zero-order valence-corrected chi connectivity index (χ0v) is 13.5. The Bertz CT molecular complexity index is 561. The Morgan fingerprint density at radius 3 is 2.57 bits per heavy atom. The highest BCUT2D eigenvalue weighted by atomic mass is 32.2. The summed E-state index contributed by atoms with van der Waals surface area (Å²) in [5.41, 5.74) is 5.97. The second kappa shape index (κ2) is 7.84. The smallest absolute Gasteiger partial charge is 0.243 e. The Morgan fingerprint density at radius 1 is 1.38 bits per heavy atom. The molecule has 0 bridgehead atoms. The quantitative estimate of drug-likeness (QED) is 0.790. The molecule has 0 saturated heterocycles. The first kappa shape index (κ1) is 18.0. The van der Waals surface area contributed by atoms with Crippen molar-refractivity contribution in [2.75, 3.05) is 26.8 Å². The first-order valence-corrected chi connectivity index (χ1v) is 8.24. The molecular weight excluding hydrogens is 295 g/mol. The highest BCUT2D eigenvalue weighted by Gasteiger charge is 2.27. The predicted octanol–water partition coefficient (Wildman–Crippen LogP) is 1.58. The van der Waals surface area contributed by atoms with Crippen molar-refractivity contribution >= 4 is 10.0 Å². The number of rotatable bonds is 8. The van der Waals surface area contributed by atoms with Crippen LogP contribution in [-0.2, 0) is 21.3 Å². The van der Waals surface area contributed by atoms with E-state index < -0.39 is 15.8 Å². The number of sulfonamides is 1. The van der Waals surface area contributed by atoms with Gasteiger partial charge in [-0.25, -0.2) is 12.8 Å². The molecule has 0 unspecified atom stereocenters. The average Bonchev–Trinajstić information content (AvgIpc) is 2.42. The third-order valence-electron chi connectivity index (χ3n) is 2.98. The van der Waals surface area contributed by atoms with Crippen molar-refractivity contribution in [2.24, 2.45) is 11.7 Å². The summed E-state index contributed by atoms with van der Waals surface area (Å²) in [5, 5.41) is 0. The lowest BCUT2D eigenvalue weighted by molar-refractivity contribution is 0.175. The van der Waals surface area contributed by atoms with Gasteiger partial charge in [0.15, 0.2) is 0 Å². The minimum Gasteiger partial charge on any atom is -0.383 e. The third kappa shape index (κ3) is 4.74. The second-order valence-corrected chi connectivity index (χ2v) is 7.11. The maximum Gasteiger partial charge on any atom is 0.243 e. The van der Waals surface area contributed by atoms with E-state index in [1.807, 2.05) is 13.8 Å². The van der Waals surface area contributed by atoms with Crippen LogP contribution in [0.1, 0.15) is 19.4 Å². The van der Waals surface area contributed by atoms with Gasteiger partial charge < -0.3 is 10.5 Å². The van der Waals surface area contributed by atoms with Crippen LogP contribution in [0.15, 0.2) is 23.1 Å². The molecule has 0 aromatic heterocycles. The third-order valence-corrected chi connectivity index (χ3v) is 4.93. The normalized spacial score (nSPS) is 12.3. The van der Waals surface area contributed by atoms with E-state index in [0.717, 1.165) is 6.07 Å². The van der Waals surface area contributed by atoms with Gasteiger partial charge in [-0.05, 0) is 23.6 Å². The van der Waals surface area contributed by atoms with Crippen molar-refractivity contribution in [3.63, 3.8) is 0 Å². The number of ether oxygens (including phenoxy) is 1. The fraction of sp³-hybridized carbons (Fsp3) is 0.571. The molecule has 1 aromatic carbocycles. The monoisotopic (exact) mass is 318 g/mol. The molecule has 0 atom stereocenters. The minimum atomic E-state index is -3.80. The van der Waals surface area contributed by atoms with E-state index in [0.29, 0.717) is 12.1 Å². The first-order valence-electron chi connectivity index (χ1n) is 6.80. The van der Waals surface area contributed by atoms with Gasteiger partial charge in [-0.15, -0.1) is 0 Å².